The molecular weight excluding hydrogens is 228 g/mol. The summed E-state index contributed by atoms with van der Waals surface area (Å²) in [7, 11) is 0. The number of rotatable bonds is 4. The number of carbonyl (C=O) groups is 2. The number of Topliss-reactive ketones (excluding diaryl/α,β-unsaturated/α-hetero) is 2. The van der Waals surface area contributed by atoms with Crippen molar-refractivity contribution in [1.29, 1.82) is 0 Å². The lowest BCUT2D eigenvalue weighted by atomic mass is 9.83. The predicted octanol–water partition coefficient (Wildman–Crippen LogP) is 2.88. The molecule has 0 radical (unpaired) electrons. The van der Waals surface area contributed by atoms with Crippen molar-refractivity contribution < 1.29 is 14.3 Å². The first-order valence-corrected chi connectivity index (χ1v) is 6.45. The van der Waals surface area contributed by atoms with Crippen molar-refractivity contribution in [2.24, 2.45) is 0 Å². The fraction of sp³-hybridized carbons (Fsp3) is 0.467. The largest absolute Gasteiger partial charge is 0.494 e. The van der Waals surface area contributed by atoms with Gasteiger partial charge in [-0.3, -0.25) is 9.59 Å². The predicted molar refractivity (Wildman–Crippen MR) is 68.8 cm³/mol. The Kier molecular flexibility index (Phi) is 4.13. The average molecular weight is 246 g/mol. The first-order chi connectivity index (χ1) is 8.69. The molecule has 1 aliphatic carbocycles. The number of hydrogen-bond acceptors (Lipinski definition) is 3. The second kappa shape index (κ2) is 5.80. The summed E-state index contributed by atoms with van der Waals surface area (Å²) in [6, 6.07) is 7.74. The van der Waals surface area contributed by atoms with Crippen LogP contribution >= 0.6 is 0 Å². The number of ether oxygens (including phenoxy) is 1. The molecule has 0 unspecified atom stereocenters. The second-order valence-electron chi connectivity index (χ2n) is 4.78. The van der Waals surface area contributed by atoms with Crippen LogP contribution in [-0.2, 0) is 9.59 Å². The summed E-state index contributed by atoms with van der Waals surface area (Å²) in [5.74, 6) is 1.01. The zero-order chi connectivity index (χ0) is 13.0. The van der Waals surface area contributed by atoms with Crippen molar-refractivity contribution in [3.8, 4) is 5.75 Å². The van der Waals surface area contributed by atoms with Gasteiger partial charge in [-0.05, 0) is 30.0 Å². The Morgan fingerprint density at radius 1 is 1.11 bits per heavy atom. The highest BCUT2D eigenvalue weighted by Crippen LogP contribution is 2.30. The van der Waals surface area contributed by atoms with E-state index in [2.05, 4.69) is 6.92 Å². The van der Waals surface area contributed by atoms with Crippen LogP contribution in [0.3, 0.4) is 0 Å². The maximum Gasteiger partial charge on any atom is 0.140 e. The van der Waals surface area contributed by atoms with Crippen molar-refractivity contribution in [1.82, 2.24) is 0 Å². The molecule has 1 fully saturated rings. The molecule has 18 heavy (non-hydrogen) atoms. The van der Waals surface area contributed by atoms with Gasteiger partial charge in [-0.15, -0.1) is 0 Å². The third kappa shape index (κ3) is 3.19. The molecule has 0 N–H and O–H groups in total. The van der Waals surface area contributed by atoms with Gasteiger partial charge in [0.2, 0.25) is 0 Å². The van der Waals surface area contributed by atoms with E-state index >= 15 is 0 Å². The Morgan fingerprint density at radius 3 is 2.28 bits per heavy atom. The number of ketones is 2. The molecule has 0 saturated heterocycles. The first-order valence-electron chi connectivity index (χ1n) is 6.45. The number of hydrogen-bond donors (Lipinski definition) is 0. The highest BCUT2D eigenvalue weighted by molar-refractivity contribution is 6.02. The van der Waals surface area contributed by atoms with E-state index in [9.17, 15) is 9.59 Å². The molecule has 1 aromatic carbocycles. The molecule has 0 amide bonds. The second-order valence-corrected chi connectivity index (χ2v) is 4.78. The van der Waals surface area contributed by atoms with Crippen LogP contribution in [0, 0.1) is 0 Å². The standard InChI is InChI=1S/C15H18O3/c1-2-7-18-15-5-3-11(4-6-15)12-8-13(16)10-14(17)9-12/h3-6,12H,2,7-10H2,1H3. The highest BCUT2D eigenvalue weighted by atomic mass is 16.5. The van der Waals surface area contributed by atoms with Gasteiger partial charge < -0.3 is 4.74 Å². The van der Waals surface area contributed by atoms with E-state index in [1.54, 1.807) is 0 Å². The molecule has 96 valence electrons. The number of carbonyl (C=O) groups excluding carboxylic acids is 2. The van der Waals surface area contributed by atoms with Crippen LogP contribution in [0.5, 0.6) is 5.75 Å². The molecule has 1 saturated carbocycles. The summed E-state index contributed by atoms with van der Waals surface area (Å²) in [6.07, 6.45) is 2.07. The summed E-state index contributed by atoms with van der Waals surface area (Å²) < 4.78 is 5.51. The minimum absolute atomic E-state index is 0.0546. The highest BCUT2D eigenvalue weighted by Gasteiger charge is 2.26. The lowest BCUT2D eigenvalue weighted by molar-refractivity contribution is -0.130. The van der Waals surface area contributed by atoms with E-state index in [4.69, 9.17) is 4.74 Å². The maximum atomic E-state index is 11.4. The van der Waals surface area contributed by atoms with Gasteiger partial charge in [0, 0.05) is 12.8 Å². The Morgan fingerprint density at radius 2 is 1.72 bits per heavy atom. The van der Waals surface area contributed by atoms with Crippen LogP contribution in [0.4, 0.5) is 0 Å². The molecule has 0 aliphatic heterocycles. The zero-order valence-corrected chi connectivity index (χ0v) is 10.6. The van der Waals surface area contributed by atoms with Gasteiger partial charge in [0.05, 0.1) is 13.0 Å². The minimum atomic E-state index is 0.0546. The molecule has 2 rings (SSSR count). The Bertz CT molecular complexity index is 418. The first kappa shape index (κ1) is 12.8. The van der Waals surface area contributed by atoms with Crippen molar-refractivity contribution in [2.75, 3.05) is 6.61 Å². The topological polar surface area (TPSA) is 43.4 Å². The van der Waals surface area contributed by atoms with Gasteiger partial charge in [-0.1, -0.05) is 19.1 Å². The molecule has 0 aromatic heterocycles. The summed E-state index contributed by atoms with van der Waals surface area (Å²) in [5, 5.41) is 0. The summed E-state index contributed by atoms with van der Waals surface area (Å²) in [6.45, 7) is 2.77. The van der Waals surface area contributed by atoms with E-state index < -0.39 is 0 Å². The monoisotopic (exact) mass is 246 g/mol. The molecule has 1 aromatic rings. The quantitative estimate of drug-likeness (QED) is 0.767. The van der Waals surface area contributed by atoms with Crippen LogP contribution in [0.25, 0.3) is 0 Å². The van der Waals surface area contributed by atoms with Crippen LogP contribution < -0.4 is 4.74 Å². The van der Waals surface area contributed by atoms with E-state index in [-0.39, 0.29) is 23.9 Å². The van der Waals surface area contributed by atoms with Gasteiger partial charge in [-0.25, -0.2) is 0 Å². The molecule has 0 spiro atoms. The summed E-state index contributed by atoms with van der Waals surface area (Å²) in [5.41, 5.74) is 1.06. The van der Waals surface area contributed by atoms with E-state index in [1.807, 2.05) is 24.3 Å². The van der Waals surface area contributed by atoms with Crippen LogP contribution in [0.15, 0.2) is 24.3 Å². The van der Waals surface area contributed by atoms with Crippen LogP contribution in [0.1, 0.15) is 44.1 Å². The maximum absolute atomic E-state index is 11.4. The zero-order valence-electron chi connectivity index (χ0n) is 10.6. The smallest absolute Gasteiger partial charge is 0.140 e. The van der Waals surface area contributed by atoms with E-state index in [1.165, 1.54) is 0 Å². The summed E-state index contributed by atoms with van der Waals surface area (Å²) >= 11 is 0. The molecular formula is C15H18O3. The lowest BCUT2D eigenvalue weighted by Crippen LogP contribution is -2.21. The van der Waals surface area contributed by atoms with E-state index in [0.29, 0.717) is 19.4 Å². The minimum Gasteiger partial charge on any atom is -0.494 e. The number of benzene rings is 1. The fourth-order valence-corrected chi connectivity index (χ4v) is 2.28. The normalized spacial score (nSPS) is 16.9. The van der Waals surface area contributed by atoms with Gasteiger partial charge in [0.25, 0.3) is 0 Å². The van der Waals surface area contributed by atoms with Gasteiger partial charge in [-0.2, -0.15) is 0 Å². The molecule has 0 heterocycles. The third-order valence-corrected chi connectivity index (χ3v) is 3.17. The Balaban J connectivity index is 2.04. The summed E-state index contributed by atoms with van der Waals surface area (Å²) in [4.78, 5) is 22.8. The SMILES string of the molecule is CCCOc1ccc(C2CC(=O)CC(=O)C2)cc1. The van der Waals surface area contributed by atoms with Gasteiger partial charge >= 0.3 is 0 Å². The molecule has 0 bridgehead atoms. The van der Waals surface area contributed by atoms with Crippen LogP contribution in [-0.4, -0.2) is 18.2 Å². The third-order valence-electron chi connectivity index (χ3n) is 3.17. The van der Waals surface area contributed by atoms with Crippen molar-refractivity contribution in [2.45, 2.75) is 38.5 Å². The lowest BCUT2D eigenvalue weighted by Gasteiger charge is -2.20. The van der Waals surface area contributed by atoms with Crippen molar-refractivity contribution in [3.63, 3.8) is 0 Å². The molecule has 1 aliphatic rings. The van der Waals surface area contributed by atoms with Gasteiger partial charge in [0.1, 0.15) is 17.3 Å². The van der Waals surface area contributed by atoms with E-state index in [0.717, 1.165) is 17.7 Å². The Hall–Kier alpha value is -1.64. The molecule has 3 heteroatoms. The fourth-order valence-electron chi connectivity index (χ4n) is 2.28. The van der Waals surface area contributed by atoms with Gasteiger partial charge in [0.15, 0.2) is 0 Å². The molecule has 3 nitrogen and oxygen atoms in total. The van der Waals surface area contributed by atoms with Crippen LogP contribution in [0.2, 0.25) is 0 Å². The Labute approximate surface area is 107 Å². The van der Waals surface area contributed by atoms with Crippen molar-refractivity contribution in [3.05, 3.63) is 29.8 Å². The van der Waals surface area contributed by atoms with Crippen molar-refractivity contribution >= 4 is 11.6 Å². The average Bonchev–Trinajstić information content (AvgIpc) is 2.36. The molecule has 0 atom stereocenters.